The molecule has 2 aliphatic heterocycles. The number of nitrogens with one attached hydrogen (secondary N) is 1. The number of hydrogen-bond acceptors (Lipinski definition) is 5. The van der Waals surface area contributed by atoms with E-state index in [1.165, 1.54) is 0 Å². The number of benzene rings is 1. The molecule has 3 rings (SSSR count). The molecule has 2 amide bonds. The van der Waals surface area contributed by atoms with Crippen LogP contribution in [-0.2, 0) is 16.1 Å². The van der Waals surface area contributed by atoms with E-state index in [0.717, 1.165) is 31.5 Å². The Hall–Kier alpha value is -2.28. The minimum Gasteiger partial charge on any atom is -0.445 e. The van der Waals surface area contributed by atoms with E-state index < -0.39 is 5.60 Å². The maximum atomic E-state index is 12.9. The van der Waals surface area contributed by atoms with Gasteiger partial charge in [-0.05, 0) is 50.5 Å². The van der Waals surface area contributed by atoms with Crippen LogP contribution in [0.5, 0.6) is 0 Å². The predicted molar refractivity (Wildman–Crippen MR) is 124 cm³/mol. The highest BCUT2D eigenvalue weighted by molar-refractivity contribution is 5.69. The number of piperidine rings is 1. The Labute approximate surface area is 192 Å². The van der Waals surface area contributed by atoms with Gasteiger partial charge in [0.1, 0.15) is 12.2 Å². The zero-order valence-corrected chi connectivity index (χ0v) is 20.2. The summed E-state index contributed by atoms with van der Waals surface area (Å²) >= 11 is 0. The molecular weight excluding hydrogens is 406 g/mol. The first kappa shape index (κ1) is 24.4. The van der Waals surface area contributed by atoms with Crippen molar-refractivity contribution in [2.75, 3.05) is 32.7 Å². The number of carbonyl (C=O) groups is 2. The number of likely N-dealkylation sites (tertiary alicyclic amines) is 1. The summed E-state index contributed by atoms with van der Waals surface area (Å²) in [5.41, 5.74) is 0.371. The Kier molecular flexibility index (Phi) is 7.70. The third-order valence-electron chi connectivity index (χ3n) is 6.74. The molecule has 2 heterocycles. The highest BCUT2D eigenvalue weighted by atomic mass is 16.6. The Morgan fingerprint density at radius 1 is 1.00 bits per heavy atom. The molecule has 7 heteroatoms. The minimum atomic E-state index is -0.512. The van der Waals surface area contributed by atoms with Crippen LogP contribution in [0.4, 0.5) is 9.59 Å². The quantitative estimate of drug-likeness (QED) is 0.749. The van der Waals surface area contributed by atoms with Crippen LogP contribution in [0.2, 0.25) is 0 Å². The number of carbonyl (C=O) groups excluding carboxylic acids is 2. The normalized spacial score (nSPS) is 20.7. The molecule has 178 valence electrons. The van der Waals surface area contributed by atoms with Crippen LogP contribution in [0.25, 0.3) is 0 Å². The van der Waals surface area contributed by atoms with Crippen LogP contribution in [0.15, 0.2) is 30.3 Å². The maximum Gasteiger partial charge on any atom is 0.410 e. The molecule has 2 fully saturated rings. The summed E-state index contributed by atoms with van der Waals surface area (Å²) in [5.74, 6) is 0.399. The van der Waals surface area contributed by atoms with Crippen molar-refractivity contribution in [3.8, 4) is 0 Å². The zero-order valence-electron chi connectivity index (χ0n) is 20.2. The van der Waals surface area contributed by atoms with Gasteiger partial charge < -0.3 is 24.6 Å². The molecular formula is C25H39N3O4. The van der Waals surface area contributed by atoms with Crippen LogP contribution in [-0.4, -0.2) is 66.4 Å². The molecule has 0 aliphatic carbocycles. The lowest BCUT2D eigenvalue weighted by Gasteiger charge is -2.50. The second-order valence-electron chi connectivity index (χ2n) is 10.5. The fraction of sp³-hybridized carbons (Fsp3) is 0.680. The monoisotopic (exact) mass is 445 g/mol. The first-order chi connectivity index (χ1) is 15.1. The van der Waals surface area contributed by atoms with Gasteiger partial charge in [0.05, 0.1) is 6.04 Å². The Morgan fingerprint density at radius 3 is 2.28 bits per heavy atom. The summed E-state index contributed by atoms with van der Waals surface area (Å²) in [6.07, 6.45) is 1.30. The molecule has 32 heavy (non-hydrogen) atoms. The smallest absolute Gasteiger partial charge is 0.410 e. The summed E-state index contributed by atoms with van der Waals surface area (Å²) in [5, 5.41) is 3.45. The number of ether oxygens (including phenoxy) is 2. The molecule has 0 spiro atoms. The van der Waals surface area contributed by atoms with E-state index in [1.54, 1.807) is 4.90 Å². The lowest BCUT2D eigenvalue weighted by Crippen LogP contribution is -2.62. The molecule has 0 radical (unpaired) electrons. The van der Waals surface area contributed by atoms with Gasteiger partial charge in [0.15, 0.2) is 0 Å². The van der Waals surface area contributed by atoms with Gasteiger partial charge in [0.25, 0.3) is 0 Å². The van der Waals surface area contributed by atoms with E-state index in [2.05, 4.69) is 19.2 Å². The van der Waals surface area contributed by atoms with Crippen molar-refractivity contribution in [1.29, 1.82) is 0 Å². The van der Waals surface area contributed by atoms with Gasteiger partial charge in [0, 0.05) is 32.7 Å². The second kappa shape index (κ2) is 10.1. The van der Waals surface area contributed by atoms with E-state index >= 15 is 0 Å². The fourth-order valence-corrected chi connectivity index (χ4v) is 4.80. The lowest BCUT2D eigenvalue weighted by atomic mass is 9.68. The summed E-state index contributed by atoms with van der Waals surface area (Å²) in [6.45, 7) is 14.0. The van der Waals surface area contributed by atoms with Crippen LogP contribution in [0, 0.1) is 11.3 Å². The maximum absolute atomic E-state index is 12.9. The van der Waals surface area contributed by atoms with Crippen molar-refractivity contribution in [2.45, 2.75) is 65.7 Å². The third kappa shape index (κ3) is 6.15. The van der Waals surface area contributed by atoms with Gasteiger partial charge in [-0.3, -0.25) is 0 Å². The van der Waals surface area contributed by atoms with Gasteiger partial charge in [-0.1, -0.05) is 44.2 Å². The van der Waals surface area contributed by atoms with Crippen LogP contribution >= 0.6 is 0 Å². The van der Waals surface area contributed by atoms with Crippen molar-refractivity contribution in [3.05, 3.63) is 35.9 Å². The number of hydrogen-bond donors (Lipinski definition) is 1. The Bertz CT molecular complexity index is 767. The summed E-state index contributed by atoms with van der Waals surface area (Å²) in [4.78, 5) is 29.1. The SMILES string of the molecule is CC(C)(C)OC(=O)N1CCNCC1C(C)(C)C1CCN(C(=O)OCc2ccccc2)CC1. The molecule has 1 atom stereocenters. The average molecular weight is 446 g/mol. The molecule has 1 aromatic carbocycles. The molecule has 0 bridgehead atoms. The fourth-order valence-electron chi connectivity index (χ4n) is 4.80. The van der Waals surface area contributed by atoms with Crippen LogP contribution < -0.4 is 5.32 Å². The number of rotatable bonds is 4. The lowest BCUT2D eigenvalue weighted by molar-refractivity contribution is -0.0269. The molecule has 2 aliphatic rings. The van der Waals surface area contributed by atoms with Gasteiger partial charge in [-0.25, -0.2) is 9.59 Å². The average Bonchev–Trinajstić information content (AvgIpc) is 2.77. The topological polar surface area (TPSA) is 71.1 Å². The van der Waals surface area contributed by atoms with Gasteiger partial charge in [0.2, 0.25) is 0 Å². The minimum absolute atomic E-state index is 0.0488. The van der Waals surface area contributed by atoms with Crippen molar-refractivity contribution in [1.82, 2.24) is 15.1 Å². The molecule has 7 nitrogen and oxygen atoms in total. The largest absolute Gasteiger partial charge is 0.445 e. The molecule has 0 aromatic heterocycles. The van der Waals surface area contributed by atoms with Gasteiger partial charge >= 0.3 is 12.2 Å². The zero-order chi connectivity index (χ0) is 23.4. The van der Waals surface area contributed by atoms with Crippen molar-refractivity contribution in [3.63, 3.8) is 0 Å². The number of nitrogens with zero attached hydrogens (tertiary/aromatic N) is 2. The van der Waals surface area contributed by atoms with Gasteiger partial charge in [-0.15, -0.1) is 0 Å². The van der Waals surface area contributed by atoms with Crippen molar-refractivity contribution >= 4 is 12.2 Å². The highest BCUT2D eigenvalue weighted by Gasteiger charge is 2.45. The van der Waals surface area contributed by atoms with E-state index in [9.17, 15) is 9.59 Å². The Morgan fingerprint density at radius 2 is 1.66 bits per heavy atom. The molecule has 2 saturated heterocycles. The Balaban J connectivity index is 1.56. The first-order valence-corrected chi connectivity index (χ1v) is 11.7. The molecule has 1 aromatic rings. The number of piperazine rings is 1. The van der Waals surface area contributed by atoms with Crippen LogP contribution in [0.1, 0.15) is 53.0 Å². The van der Waals surface area contributed by atoms with Gasteiger partial charge in [-0.2, -0.15) is 0 Å². The summed E-state index contributed by atoms with van der Waals surface area (Å²) in [6, 6.07) is 9.79. The second-order valence-corrected chi connectivity index (χ2v) is 10.5. The van der Waals surface area contributed by atoms with E-state index in [1.807, 2.05) is 56.0 Å². The first-order valence-electron chi connectivity index (χ1n) is 11.7. The summed E-state index contributed by atoms with van der Waals surface area (Å²) < 4.78 is 11.2. The molecule has 1 N–H and O–H groups in total. The third-order valence-corrected chi connectivity index (χ3v) is 6.74. The summed E-state index contributed by atoms with van der Waals surface area (Å²) in [7, 11) is 0. The highest BCUT2D eigenvalue weighted by Crippen LogP contribution is 2.40. The van der Waals surface area contributed by atoms with Crippen molar-refractivity contribution in [2.24, 2.45) is 11.3 Å². The van der Waals surface area contributed by atoms with Crippen molar-refractivity contribution < 1.29 is 19.1 Å². The predicted octanol–water partition coefficient (Wildman–Crippen LogP) is 4.27. The van der Waals surface area contributed by atoms with Crippen LogP contribution in [0.3, 0.4) is 0 Å². The molecule has 0 saturated carbocycles. The molecule has 1 unspecified atom stereocenters. The standard InChI is InChI=1S/C25H39N3O4/c1-24(2,3)32-23(30)28-16-13-26-17-21(28)25(4,5)20-11-14-27(15-12-20)22(29)31-18-19-9-7-6-8-10-19/h6-10,20-21,26H,11-18H2,1-5H3. The van der Waals surface area contributed by atoms with E-state index in [-0.39, 0.29) is 23.6 Å². The van der Waals surface area contributed by atoms with E-state index in [4.69, 9.17) is 9.47 Å². The van der Waals surface area contributed by atoms with E-state index in [0.29, 0.717) is 32.2 Å². The number of amides is 2.